The highest BCUT2D eigenvalue weighted by Crippen LogP contribution is 2.28. The predicted molar refractivity (Wildman–Crippen MR) is 82.3 cm³/mol. The van der Waals surface area contributed by atoms with E-state index in [9.17, 15) is 9.59 Å². The Kier molecular flexibility index (Phi) is 8.12. The van der Waals surface area contributed by atoms with Crippen molar-refractivity contribution in [3.05, 3.63) is 0 Å². The van der Waals surface area contributed by atoms with Crippen molar-refractivity contribution in [1.82, 2.24) is 15.5 Å². The number of nitrogens with one attached hydrogen (secondary N) is 2. The molecule has 0 unspecified atom stereocenters. The zero-order valence-electron chi connectivity index (χ0n) is 13.2. The topological polar surface area (TPSA) is 81.7 Å². The molecule has 21 heavy (non-hydrogen) atoms. The lowest BCUT2D eigenvalue weighted by atomic mass is 9.82. The SMILES string of the molecule is CN(C)CCCCNC(=O)NCC1CCC(C(=O)O)CC1. The molecule has 1 fully saturated rings. The molecule has 122 valence electrons. The lowest BCUT2D eigenvalue weighted by molar-refractivity contribution is -0.143. The maximum Gasteiger partial charge on any atom is 0.314 e. The zero-order chi connectivity index (χ0) is 15.7. The van der Waals surface area contributed by atoms with Gasteiger partial charge in [0.15, 0.2) is 0 Å². The average Bonchev–Trinajstić information content (AvgIpc) is 2.44. The van der Waals surface area contributed by atoms with Gasteiger partial charge in [0.25, 0.3) is 0 Å². The maximum absolute atomic E-state index is 11.6. The standard InChI is InChI=1S/C15H29N3O3/c1-18(2)10-4-3-9-16-15(21)17-11-12-5-7-13(8-6-12)14(19)20/h12-13H,3-11H2,1-2H3,(H,19,20)(H2,16,17,21). The summed E-state index contributed by atoms with van der Waals surface area (Å²) < 4.78 is 0. The van der Waals surface area contributed by atoms with Gasteiger partial charge in [0.2, 0.25) is 0 Å². The lowest BCUT2D eigenvalue weighted by Crippen LogP contribution is -2.39. The molecule has 1 saturated carbocycles. The van der Waals surface area contributed by atoms with Crippen molar-refractivity contribution >= 4 is 12.0 Å². The molecule has 6 nitrogen and oxygen atoms in total. The fourth-order valence-corrected chi connectivity index (χ4v) is 2.67. The largest absolute Gasteiger partial charge is 0.481 e. The van der Waals surface area contributed by atoms with Crippen LogP contribution in [0, 0.1) is 11.8 Å². The van der Waals surface area contributed by atoms with Gasteiger partial charge in [0, 0.05) is 13.1 Å². The first kappa shape index (κ1) is 17.8. The van der Waals surface area contributed by atoms with Crippen LogP contribution in [0.25, 0.3) is 0 Å². The van der Waals surface area contributed by atoms with E-state index in [4.69, 9.17) is 5.11 Å². The van der Waals surface area contributed by atoms with Crippen molar-refractivity contribution in [2.75, 3.05) is 33.7 Å². The molecule has 0 heterocycles. The van der Waals surface area contributed by atoms with Gasteiger partial charge in [-0.15, -0.1) is 0 Å². The number of amides is 2. The minimum Gasteiger partial charge on any atom is -0.481 e. The van der Waals surface area contributed by atoms with E-state index >= 15 is 0 Å². The highest BCUT2D eigenvalue weighted by molar-refractivity contribution is 5.73. The highest BCUT2D eigenvalue weighted by Gasteiger charge is 2.25. The molecule has 0 spiro atoms. The minimum atomic E-state index is -0.683. The monoisotopic (exact) mass is 299 g/mol. The molecule has 0 atom stereocenters. The van der Waals surface area contributed by atoms with E-state index < -0.39 is 5.97 Å². The molecule has 2 amide bonds. The van der Waals surface area contributed by atoms with E-state index in [1.54, 1.807) is 0 Å². The van der Waals surface area contributed by atoms with E-state index in [0.717, 1.165) is 45.1 Å². The molecular formula is C15H29N3O3. The van der Waals surface area contributed by atoms with Gasteiger partial charge < -0.3 is 20.6 Å². The molecule has 0 radical (unpaired) electrons. The molecule has 0 aliphatic heterocycles. The number of rotatable bonds is 8. The normalized spacial score (nSPS) is 22.0. The van der Waals surface area contributed by atoms with Gasteiger partial charge in [-0.3, -0.25) is 4.79 Å². The van der Waals surface area contributed by atoms with Crippen LogP contribution in [0.15, 0.2) is 0 Å². The number of nitrogens with zero attached hydrogens (tertiary/aromatic N) is 1. The van der Waals surface area contributed by atoms with Gasteiger partial charge in [0.05, 0.1) is 5.92 Å². The first-order valence-electron chi connectivity index (χ1n) is 7.88. The molecule has 1 aliphatic rings. The number of carboxylic acid groups (broad SMARTS) is 1. The third kappa shape index (κ3) is 7.90. The average molecular weight is 299 g/mol. The van der Waals surface area contributed by atoms with Gasteiger partial charge in [-0.25, -0.2) is 4.79 Å². The number of urea groups is 1. The Morgan fingerprint density at radius 3 is 2.33 bits per heavy atom. The molecule has 0 aromatic heterocycles. The third-order valence-corrected chi connectivity index (χ3v) is 4.06. The van der Waals surface area contributed by atoms with E-state index in [2.05, 4.69) is 15.5 Å². The Morgan fingerprint density at radius 1 is 1.10 bits per heavy atom. The van der Waals surface area contributed by atoms with Crippen LogP contribution < -0.4 is 10.6 Å². The molecule has 6 heteroatoms. The molecule has 0 saturated heterocycles. The summed E-state index contributed by atoms with van der Waals surface area (Å²) in [5.41, 5.74) is 0. The maximum atomic E-state index is 11.6. The van der Waals surface area contributed by atoms with Crippen molar-refractivity contribution < 1.29 is 14.7 Å². The third-order valence-electron chi connectivity index (χ3n) is 4.06. The molecule has 3 N–H and O–H groups in total. The van der Waals surface area contributed by atoms with E-state index in [1.807, 2.05) is 14.1 Å². The lowest BCUT2D eigenvalue weighted by Gasteiger charge is -2.26. The van der Waals surface area contributed by atoms with Crippen LogP contribution in [0.5, 0.6) is 0 Å². The second-order valence-corrected chi connectivity index (χ2v) is 6.20. The number of carboxylic acids is 1. The highest BCUT2D eigenvalue weighted by atomic mass is 16.4. The van der Waals surface area contributed by atoms with Crippen LogP contribution in [0.2, 0.25) is 0 Å². The number of hydrogen-bond donors (Lipinski definition) is 3. The summed E-state index contributed by atoms with van der Waals surface area (Å²) in [5.74, 6) is -0.455. The number of carbonyl (C=O) groups is 2. The van der Waals surface area contributed by atoms with Crippen LogP contribution in [0.3, 0.4) is 0 Å². The summed E-state index contributed by atoms with van der Waals surface area (Å²) in [6, 6.07) is -0.111. The van der Waals surface area contributed by atoms with Crippen LogP contribution in [0.1, 0.15) is 38.5 Å². The minimum absolute atomic E-state index is 0.111. The first-order valence-corrected chi connectivity index (χ1v) is 7.88. The summed E-state index contributed by atoms with van der Waals surface area (Å²) in [6.07, 6.45) is 5.30. The molecule has 1 rings (SSSR count). The van der Waals surface area contributed by atoms with Gasteiger partial charge in [-0.2, -0.15) is 0 Å². The Hall–Kier alpha value is -1.30. The number of carbonyl (C=O) groups excluding carboxylic acids is 1. The van der Waals surface area contributed by atoms with Gasteiger partial charge in [0.1, 0.15) is 0 Å². The predicted octanol–water partition coefficient (Wildman–Crippen LogP) is 1.52. The van der Waals surface area contributed by atoms with Gasteiger partial charge in [-0.05, 0) is 65.1 Å². The van der Waals surface area contributed by atoms with E-state index in [-0.39, 0.29) is 11.9 Å². The fourth-order valence-electron chi connectivity index (χ4n) is 2.67. The quantitative estimate of drug-likeness (QED) is 0.594. The number of unbranched alkanes of at least 4 members (excludes halogenated alkanes) is 1. The van der Waals surface area contributed by atoms with Crippen molar-refractivity contribution in [3.8, 4) is 0 Å². The Morgan fingerprint density at radius 2 is 1.76 bits per heavy atom. The summed E-state index contributed by atoms with van der Waals surface area (Å²) in [6.45, 7) is 2.39. The van der Waals surface area contributed by atoms with E-state index in [1.165, 1.54) is 0 Å². The molecule has 0 aromatic rings. The number of hydrogen-bond acceptors (Lipinski definition) is 3. The van der Waals surface area contributed by atoms with Crippen molar-refractivity contribution in [2.24, 2.45) is 11.8 Å². The molecular weight excluding hydrogens is 270 g/mol. The summed E-state index contributed by atoms with van der Waals surface area (Å²) in [5, 5.41) is 14.7. The number of aliphatic carboxylic acids is 1. The van der Waals surface area contributed by atoms with Crippen LogP contribution >= 0.6 is 0 Å². The van der Waals surface area contributed by atoms with Gasteiger partial charge in [-0.1, -0.05) is 0 Å². The van der Waals surface area contributed by atoms with E-state index in [0.29, 0.717) is 19.0 Å². The fraction of sp³-hybridized carbons (Fsp3) is 0.867. The van der Waals surface area contributed by atoms with Crippen molar-refractivity contribution in [2.45, 2.75) is 38.5 Å². The first-order chi connectivity index (χ1) is 9.99. The van der Waals surface area contributed by atoms with Crippen LogP contribution in [-0.4, -0.2) is 55.7 Å². The van der Waals surface area contributed by atoms with Crippen LogP contribution in [0.4, 0.5) is 4.79 Å². The smallest absolute Gasteiger partial charge is 0.314 e. The van der Waals surface area contributed by atoms with Gasteiger partial charge >= 0.3 is 12.0 Å². The Balaban J connectivity index is 2.02. The Labute approximate surface area is 127 Å². The summed E-state index contributed by atoms with van der Waals surface area (Å²) in [4.78, 5) is 24.6. The Bertz CT molecular complexity index is 326. The van der Waals surface area contributed by atoms with Crippen molar-refractivity contribution in [3.63, 3.8) is 0 Å². The molecule has 0 bridgehead atoms. The van der Waals surface area contributed by atoms with Crippen molar-refractivity contribution in [1.29, 1.82) is 0 Å². The molecule has 0 aromatic carbocycles. The molecule has 1 aliphatic carbocycles. The zero-order valence-corrected chi connectivity index (χ0v) is 13.2. The summed E-state index contributed by atoms with van der Waals surface area (Å²) in [7, 11) is 4.08. The second kappa shape index (κ2) is 9.60. The van der Waals surface area contributed by atoms with Crippen LogP contribution in [-0.2, 0) is 4.79 Å². The second-order valence-electron chi connectivity index (χ2n) is 6.20. The summed E-state index contributed by atoms with van der Waals surface area (Å²) >= 11 is 0.